The van der Waals surface area contributed by atoms with E-state index < -0.39 is 0 Å². The summed E-state index contributed by atoms with van der Waals surface area (Å²) in [6.45, 7) is 0.484. The van der Waals surface area contributed by atoms with E-state index >= 15 is 0 Å². The molecule has 3 aromatic rings. The molecule has 0 unspecified atom stereocenters. The fourth-order valence-electron chi connectivity index (χ4n) is 1.90. The molecule has 2 heterocycles. The Balaban J connectivity index is 1.64. The van der Waals surface area contributed by atoms with Gasteiger partial charge in [-0.05, 0) is 46.3 Å². The van der Waals surface area contributed by atoms with Crippen molar-refractivity contribution in [2.75, 3.05) is 11.1 Å². The summed E-state index contributed by atoms with van der Waals surface area (Å²) >= 11 is 4.97. The van der Waals surface area contributed by atoms with Crippen LogP contribution in [0.5, 0.6) is 0 Å². The molecule has 0 radical (unpaired) electrons. The first-order valence-electron chi connectivity index (χ1n) is 6.14. The quantitative estimate of drug-likeness (QED) is 0.573. The van der Waals surface area contributed by atoms with E-state index in [-0.39, 0.29) is 6.03 Å². The fourth-order valence-corrected chi connectivity index (χ4v) is 3.32. The van der Waals surface area contributed by atoms with Crippen molar-refractivity contribution in [3.05, 3.63) is 39.0 Å². The second-order valence-corrected chi connectivity index (χ2v) is 6.93. The number of hydrogen-bond acceptors (Lipinski definition) is 4. The van der Waals surface area contributed by atoms with Gasteiger partial charge in [-0.25, -0.2) is 4.79 Å². The number of urea groups is 1. The van der Waals surface area contributed by atoms with Crippen LogP contribution in [0.15, 0.2) is 34.1 Å². The van der Waals surface area contributed by atoms with Gasteiger partial charge in [-0.15, -0.1) is 11.3 Å². The average molecular weight is 366 g/mol. The van der Waals surface area contributed by atoms with Gasteiger partial charge in [0.1, 0.15) is 0 Å². The highest BCUT2D eigenvalue weighted by molar-refractivity contribution is 9.11. The Hall–Kier alpha value is -2.06. The molecule has 0 saturated heterocycles. The molecule has 0 aliphatic carbocycles. The largest absolute Gasteiger partial charge is 0.382 e. The predicted molar refractivity (Wildman–Crippen MR) is 88.4 cm³/mol. The number of H-pyrrole nitrogens is 1. The number of carbonyl (C=O) groups is 1. The number of aromatic amines is 1. The van der Waals surface area contributed by atoms with Crippen molar-refractivity contribution in [1.29, 1.82) is 0 Å². The maximum absolute atomic E-state index is 11.9. The van der Waals surface area contributed by atoms with E-state index in [9.17, 15) is 4.79 Å². The Bertz CT molecular complexity index is 797. The topological polar surface area (TPSA) is 95.8 Å². The van der Waals surface area contributed by atoms with Crippen LogP contribution in [0.3, 0.4) is 0 Å². The molecule has 0 fully saturated rings. The van der Waals surface area contributed by atoms with Gasteiger partial charge in [-0.2, -0.15) is 5.10 Å². The molecule has 5 N–H and O–H groups in total. The predicted octanol–water partition coefficient (Wildman–Crippen LogP) is 3.29. The smallest absolute Gasteiger partial charge is 0.319 e. The molecule has 108 valence electrons. The van der Waals surface area contributed by atoms with Gasteiger partial charge in [-0.1, -0.05) is 0 Å². The lowest BCUT2D eigenvalue weighted by Crippen LogP contribution is -2.27. The van der Waals surface area contributed by atoms with Crippen LogP contribution in [0.2, 0.25) is 0 Å². The number of rotatable bonds is 3. The van der Waals surface area contributed by atoms with E-state index in [0.29, 0.717) is 18.1 Å². The number of anilines is 2. The van der Waals surface area contributed by atoms with Crippen LogP contribution in [0.4, 0.5) is 16.3 Å². The number of hydrogen-bond donors (Lipinski definition) is 4. The number of thiophene rings is 1. The number of benzene rings is 1. The highest BCUT2D eigenvalue weighted by atomic mass is 79.9. The maximum Gasteiger partial charge on any atom is 0.319 e. The van der Waals surface area contributed by atoms with Gasteiger partial charge < -0.3 is 16.4 Å². The van der Waals surface area contributed by atoms with Gasteiger partial charge in [0.05, 0.1) is 15.8 Å². The fraction of sp³-hybridized carbons (Fsp3) is 0.0769. The molecule has 2 amide bonds. The van der Waals surface area contributed by atoms with Crippen molar-refractivity contribution in [3.63, 3.8) is 0 Å². The summed E-state index contributed by atoms with van der Waals surface area (Å²) in [6.07, 6.45) is 0. The minimum absolute atomic E-state index is 0.263. The standard InChI is InChI=1S/C13H12BrN5OS/c14-11-4-2-8(21-11)6-16-13(20)17-7-1-3-10-9(5-7)12(15)19-18-10/h1-5H,6H2,(H3,15,18,19)(H2,16,17,20). The zero-order chi connectivity index (χ0) is 14.8. The molecule has 1 aromatic carbocycles. The molecule has 0 atom stereocenters. The summed E-state index contributed by atoms with van der Waals surface area (Å²) in [6, 6.07) is 9.06. The maximum atomic E-state index is 11.9. The molecule has 0 bridgehead atoms. The number of amides is 2. The average Bonchev–Trinajstić information content (AvgIpc) is 3.04. The van der Waals surface area contributed by atoms with Gasteiger partial charge in [0.25, 0.3) is 0 Å². The van der Waals surface area contributed by atoms with E-state index in [1.807, 2.05) is 18.2 Å². The second kappa shape index (κ2) is 5.74. The highest BCUT2D eigenvalue weighted by Crippen LogP contribution is 2.23. The lowest BCUT2D eigenvalue weighted by Gasteiger charge is -2.06. The third-order valence-electron chi connectivity index (χ3n) is 2.90. The Kier molecular flexibility index (Phi) is 3.80. The van der Waals surface area contributed by atoms with Crippen molar-refractivity contribution in [2.45, 2.75) is 6.54 Å². The first kappa shape index (κ1) is 13.9. The van der Waals surface area contributed by atoms with E-state index in [0.717, 1.165) is 19.6 Å². The minimum atomic E-state index is -0.263. The molecule has 6 nitrogen and oxygen atoms in total. The Morgan fingerprint density at radius 3 is 3.00 bits per heavy atom. The summed E-state index contributed by atoms with van der Waals surface area (Å²) in [5, 5.41) is 13.1. The van der Waals surface area contributed by atoms with Crippen LogP contribution in [-0.4, -0.2) is 16.2 Å². The Labute approximate surface area is 132 Å². The minimum Gasteiger partial charge on any atom is -0.382 e. The number of fused-ring (bicyclic) bond motifs is 1. The Morgan fingerprint density at radius 1 is 1.38 bits per heavy atom. The van der Waals surface area contributed by atoms with Gasteiger partial charge in [0.2, 0.25) is 0 Å². The van der Waals surface area contributed by atoms with Crippen molar-refractivity contribution in [1.82, 2.24) is 15.5 Å². The molecule has 8 heteroatoms. The van der Waals surface area contributed by atoms with Crippen molar-refractivity contribution in [2.24, 2.45) is 0 Å². The van der Waals surface area contributed by atoms with Gasteiger partial charge in [-0.3, -0.25) is 5.10 Å². The summed E-state index contributed by atoms with van der Waals surface area (Å²) < 4.78 is 1.04. The van der Waals surface area contributed by atoms with Crippen molar-refractivity contribution >= 4 is 55.7 Å². The van der Waals surface area contributed by atoms with Crippen LogP contribution in [0.1, 0.15) is 4.88 Å². The van der Waals surface area contributed by atoms with Crippen LogP contribution in [0.25, 0.3) is 10.9 Å². The van der Waals surface area contributed by atoms with E-state index in [4.69, 9.17) is 5.73 Å². The van der Waals surface area contributed by atoms with Gasteiger partial charge in [0, 0.05) is 16.0 Å². The summed E-state index contributed by atoms with van der Waals surface area (Å²) in [5.74, 6) is 0.414. The monoisotopic (exact) mass is 365 g/mol. The first-order valence-corrected chi connectivity index (χ1v) is 7.75. The lowest BCUT2D eigenvalue weighted by molar-refractivity contribution is 0.252. The number of aromatic nitrogens is 2. The SMILES string of the molecule is Nc1n[nH]c2ccc(NC(=O)NCc3ccc(Br)s3)cc12. The number of carbonyl (C=O) groups excluding carboxylic acids is 1. The number of nitrogen functional groups attached to an aromatic ring is 1. The zero-order valence-corrected chi connectivity index (χ0v) is 13.2. The molecule has 3 rings (SSSR count). The summed E-state index contributed by atoms with van der Waals surface area (Å²) in [7, 11) is 0. The Morgan fingerprint density at radius 2 is 2.24 bits per heavy atom. The number of nitrogens with two attached hydrogens (primary N) is 1. The summed E-state index contributed by atoms with van der Waals surface area (Å²) in [5.41, 5.74) is 7.24. The van der Waals surface area contributed by atoms with E-state index in [1.54, 1.807) is 23.5 Å². The number of nitrogens with zero attached hydrogens (tertiary/aromatic N) is 1. The number of halogens is 1. The lowest BCUT2D eigenvalue weighted by atomic mass is 10.2. The normalized spacial score (nSPS) is 10.7. The number of nitrogens with one attached hydrogen (secondary N) is 3. The van der Waals surface area contributed by atoms with Gasteiger partial charge >= 0.3 is 6.03 Å². The van der Waals surface area contributed by atoms with Crippen molar-refractivity contribution < 1.29 is 4.79 Å². The molecular weight excluding hydrogens is 354 g/mol. The summed E-state index contributed by atoms with van der Waals surface area (Å²) in [4.78, 5) is 12.9. The van der Waals surface area contributed by atoms with Crippen LogP contribution in [-0.2, 0) is 6.54 Å². The molecule has 21 heavy (non-hydrogen) atoms. The van der Waals surface area contributed by atoms with Crippen LogP contribution >= 0.6 is 27.3 Å². The molecular formula is C13H12BrN5OS. The van der Waals surface area contributed by atoms with E-state index in [2.05, 4.69) is 36.8 Å². The third kappa shape index (κ3) is 3.17. The molecule has 0 aliphatic rings. The molecule has 0 aliphatic heterocycles. The van der Waals surface area contributed by atoms with E-state index in [1.165, 1.54) is 0 Å². The first-order chi connectivity index (χ1) is 10.1. The van der Waals surface area contributed by atoms with Crippen LogP contribution in [0, 0.1) is 0 Å². The van der Waals surface area contributed by atoms with Crippen molar-refractivity contribution in [3.8, 4) is 0 Å². The molecule has 0 spiro atoms. The van der Waals surface area contributed by atoms with Gasteiger partial charge in [0.15, 0.2) is 5.82 Å². The molecule has 2 aromatic heterocycles. The third-order valence-corrected chi connectivity index (χ3v) is 4.53. The molecule has 0 saturated carbocycles. The second-order valence-electron chi connectivity index (χ2n) is 4.38. The highest BCUT2D eigenvalue weighted by Gasteiger charge is 2.06. The zero-order valence-electron chi connectivity index (χ0n) is 10.8. The van der Waals surface area contributed by atoms with Crippen LogP contribution < -0.4 is 16.4 Å².